The highest BCUT2D eigenvalue weighted by Gasteiger charge is 2.27. The summed E-state index contributed by atoms with van der Waals surface area (Å²) >= 11 is 1.50. The Morgan fingerprint density at radius 3 is 2.93 bits per heavy atom. The molecule has 15 heavy (non-hydrogen) atoms. The second-order valence-electron chi connectivity index (χ2n) is 4.27. The molecular weight excluding hydrogens is 206 g/mol. The van der Waals surface area contributed by atoms with Gasteiger partial charge in [0.1, 0.15) is 5.82 Å². The number of anilines is 1. The second-order valence-corrected chi connectivity index (χ2v) is 5.02. The molecule has 2 atom stereocenters. The van der Waals surface area contributed by atoms with Crippen LogP contribution in [0.15, 0.2) is 0 Å². The zero-order valence-corrected chi connectivity index (χ0v) is 10.3. The lowest BCUT2D eigenvalue weighted by molar-refractivity contribution is 0.518. The van der Waals surface area contributed by atoms with Crippen molar-refractivity contribution >= 4 is 16.7 Å². The van der Waals surface area contributed by atoms with Crippen LogP contribution in [0.5, 0.6) is 0 Å². The van der Waals surface area contributed by atoms with E-state index in [0.29, 0.717) is 5.92 Å². The van der Waals surface area contributed by atoms with Gasteiger partial charge in [-0.1, -0.05) is 13.3 Å². The SMILES string of the molecule is CCNc1nc(C2CCC(CC)C2)ns1. The molecule has 0 aliphatic heterocycles. The number of nitrogens with one attached hydrogen (secondary N) is 1. The lowest BCUT2D eigenvalue weighted by atomic mass is 10.0. The van der Waals surface area contributed by atoms with Gasteiger partial charge in [0.05, 0.1) is 0 Å². The largest absolute Gasteiger partial charge is 0.361 e. The van der Waals surface area contributed by atoms with Crippen LogP contribution in [0.4, 0.5) is 5.13 Å². The van der Waals surface area contributed by atoms with Gasteiger partial charge >= 0.3 is 0 Å². The van der Waals surface area contributed by atoms with Crippen molar-refractivity contribution in [2.24, 2.45) is 5.92 Å². The van der Waals surface area contributed by atoms with Crippen LogP contribution in [0, 0.1) is 5.92 Å². The molecular formula is C11H19N3S. The van der Waals surface area contributed by atoms with Crippen molar-refractivity contribution in [3.8, 4) is 0 Å². The van der Waals surface area contributed by atoms with E-state index in [-0.39, 0.29) is 0 Å². The van der Waals surface area contributed by atoms with Crippen molar-refractivity contribution in [1.29, 1.82) is 0 Å². The Kier molecular flexibility index (Phi) is 3.57. The van der Waals surface area contributed by atoms with Crippen LogP contribution in [0.1, 0.15) is 51.3 Å². The molecule has 1 fully saturated rings. The number of hydrogen-bond acceptors (Lipinski definition) is 4. The molecule has 2 unspecified atom stereocenters. The highest BCUT2D eigenvalue weighted by atomic mass is 32.1. The maximum atomic E-state index is 4.55. The molecule has 1 aliphatic rings. The van der Waals surface area contributed by atoms with Crippen LogP contribution in [0.25, 0.3) is 0 Å². The monoisotopic (exact) mass is 225 g/mol. The first-order valence-electron chi connectivity index (χ1n) is 5.91. The first-order chi connectivity index (χ1) is 7.33. The number of hydrogen-bond donors (Lipinski definition) is 1. The first-order valence-corrected chi connectivity index (χ1v) is 6.68. The molecule has 0 aromatic carbocycles. The van der Waals surface area contributed by atoms with Gasteiger partial charge in [-0.25, -0.2) is 4.98 Å². The van der Waals surface area contributed by atoms with Crippen LogP contribution < -0.4 is 5.32 Å². The highest BCUT2D eigenvalue weighted by Crippen LogP contribution is 2.39. The quantitative estimate of drug-likeness (QED) is 0.854. The fourth-order valence-corrected chi connectivity index (χ4v) is 3.02. The van der Waals surface area contributed by atoms with Gasteiger partial charge in [0.25, 0.3) is 0 Å². The highest BCUT2D eigenvalue weighted by molar-refractivity contribution is 7.09. The molecule has 0 bridgehead atoms. The summed E-state index contributed by atoms with van der Waals surface area (Å²) in [5.74, 6) is 2.60. The molecule has 1 N–H and O–H groups in total. The number of rotatable bonds is 4. The first kappa shape index (κ1) is 10.9. The van der Waals surface area contributed by atoms with E-state index in [0.717, 1.165) is 23.4 Å². The van der Waals surface area contributed by atoms with E-state index in [4.69, 9.17) is 0 Å². The number of nitrogens with zero attached hydrogens (tertiary/aromatic N) is 2. The Bertz CT molecular complexity index is 311. The molecule has 84 valence electrons. The van der Waals surface area contributed by atoms with Crippen LogP contribution in [0.3, 0.4) is 0 Å². The van der Waals surface area contributed by atoms with Gasteiger partial charge in [-0.3, -0.25) is 0 Å². The summed E-state index contributed by atoms with van der Waals surface area (Å²) in [6.45, 7) is 5.30. The zero-order valence-electron chi connectivity index (χ0n) is 9.49. The summed E-state index contributed by atoms with van der Waals surface area (Å²) in [4.78, 5) is 4.55. The van der Waals surface area contributed by atoms with Gasteiger partial charge in [0.2, 0.25) is 5.13 Å². The smallest absolute Gasteiger partial charge is 0.202 e. The molecule has 1 aromatic rings. The molecule has 1 aromatic heterocycles. The molecule has 1 heterocycles. The van der Waals surface area contributed by atoms with Gasteiger partial charge in [0, 0.05) is 24.0 Å². The van der Waals surface area contributed by atoms with Crippen LogP contribution >= 0.6 is 11.5 Å². The molecule has 3 nitrogen and oxygen atoms in total. The molecule has 4 heteroatoms. The minimum Gasteiger partial charge on any atom is -0.361 e. The summed E-state index contributed by atoms with van der Waals surface area (Å²) in [6.07, 6.45) is 5.23. The molecule has 0 radical (unpaired) electrons. The molecule has 0 spiro atoms. The Morgan fingerprint density at radius 1 is 1.40 bits per heavy atom. The Hall–Kier alpha value is -0.640. The summed E-state index contributed by atoms with van der Waals surface area (Å²) in [7, 11) is 0. The van der Waals surface area contributed by atoms with Gasteiger partial charge in [-0.15, -0.1) is 0 Å². The van der Waals surface area contributed by atoms with E-state index in [1.165, 1.54) is 37.2 Å². The van der Waals surface area contributed by atoms with Crippen molar-refractivity contribution in [1.82, 2.24) is 9.36 Å². The third-order valence-electron chi connectivity index (χ3n) is 3.25. The molecule has 0 amide bonds. The molecule has 1 aliphatic carbocycles. The summed E-state index contributed by atoms with van der Waals surface area (Å²) < 4.78 is 4.45. The molecule has 0 saturated heterocycles. The van der Waals surface area contributed by atoms with E-state index in [1.807, 2.05) is 0 Å². The standard InChI is InChI=1S/C11H19N3S/c1-3-8-5-6-9(7-8)10-13-11(12-4-2)15-14-10/h8-9H,3-7H2,1-2H3,(H,12,13,14). The normalized spacial score (nSPS) is 25.7. The Balaban J connectivity index is 1.97. The Labute approximate surface area is 95.5 Å². The second kappa shape index (κ2) is 4.92. The fraction of sp³-hybridized carbons (Fsp3) is 0.818. The van der Waals surface area contributed by atoms with Gasteiger partial charge < -0.3 is 5.32 Å². The minimum atomic E-state index is 0.624. The van der Waals surface area contributed by atoms with Crippen LogP contribution in [0.2, 0.25) is 0 Å². The van der Waals surface area contributed by atoms with Gasteiger partial charge in [0.15, 0.2) is 0 Å². The van der Waals surface area contributed by atoms with Gasteiger partial charge in [-0.05, 0) is 32.1 Å². The van der Waals surface area contributed by atoms with E-state index < -0.39 is 0 Å². The van der Waals surface area contributed by atoms with E-state index in [2.05, 4.69) is 28.5 Å². The predicted octanol–water partition coefficient (Wildman–Crippen LogP) is 3.26. The van der Waals surface area contributed by atoms with E-state index in [9.17, 15) is 0 Å². The average molecular weight is 225 g/mol. The number of aromatic nitrogens is 2. The maximum absolute atomic E-state index is 4.55. The fourth-order valence-electron chi connectivity index (χ4n) is 2.30. The van der Waals surface area contributed by atoms with Crippen molar-refractivity contribution in [2.45, 2.75) is 45.4 Å². The zero-order chi connectivity index (χ0) is 10.7. The Morgan fingerprint density at radius 2 is 2.27 bits per heavy atom. The van der Waals surface area contributed by atoms with Crippen LogP contribution in [-0.2, 0) is 0 Å². The van der Waals surface area contributed by atoms with Crippen molar-refractivity contribution < 1.29 is 0 Å². The lowest BCUT2D eigenvalue weighted by Crippen LogP contribution is -1.99. The summed E-state index contributed by atoms with van der Waals surface area (Å²) in [5, 5.41) is 4.20. The predicted molar refractivity (Wildman–Crippen MR) is 64.4 cm³/mol. The minimum absolute atomic E-state index is 0.624. The molecule has 2 rings (SSSR count). The third kappa shape index (κ3) is 2.48. The third-order valence-corrected chi connectivity index (χ3v) is 3.94. The lowest BCUT2D eigenvalue weighted by Gasteiger charge is -2.05. The van der Waals surface area contributed by atoms with E-state index >= 15 is 0 Å². The van der Waals surface area contributed by atoms with Gasteiger partial charge in [-0.2, -0.15) is 4.37 Å². The van der Waals surface area contributed by atoms with Crippen molar-refractivity contribution in [2.75, 3.05) is 11.9 Å². The summed E-state index contributed by atoms with van der Waals surface area (Å²) in [6, 6.07) is 0. The van der Waals surface area contributed by atoms with Crippen molar-refractivity contribution in [3.05, 3.63) is 5.82 Å². The van der Waals surface area contributed by atoms with Crippen molar-refractivity contribution in [3.63, 3.8) is 0 Å². The summed E-state index contributed by atoms with van der Waals surface area (Å²) in [5.41, 5.74) is 0. The van der Waals surface area contributed by atoms with E-state index in [1.54, 1.807) is 0 Å². The topological polar surface area (TPSA) is 37.8 Å². The van der Waals surface area contributed by atoms with Crippen LogP contribution in [-0.4, -0.2) is 15.9 Å². The molecule has 1 saturated carbocycles. The average Bonchev–Trinajstić information content (AvgIpc) is 2.85. The maximum Gasteiger partial charge on any atom is 0.202 e.